The lowest BCUT2D eigenvalue weighted by Crippen LogP contribution is -2.32. The van der Waals surface area contributed by atoms with Gasteiger partial charge in [-0.3, -0.25) is 4.68 Å². The number of nitrogens with zero attached hydrogens (tertiary/aromatic N) is 2. The van der Waals surface area contributed by atoms with E-state index in [1.807, 2.05) is 19.3 Å². The van der Waals surface area contributed by atoms with Gasteiger partial charge in [-0.05, 0) is 36.1 Å². The van der Waals surface area contributed by atoms with Crippen LogP contribution in [0.3, 0.4) is 0 Å². The summed E-state index contributed by atoms with van der Waals surface area (Å²) in [6.07, 6.45) is 6.00. The Morgan fingerprint density at radius 2 is 2.22 bits per heavy atom. The van der Waals surface area contributed by atoms with Gasteiger partial charge in [0.1, 0.15) is 0 Å². The highest BCUT2D eigenvalue weighted by molar-refractivity contribution is 9.10. The number of aliphatic hydroxyl groups is 1. The van der Waals surface area contributed by atoms with Gasteiger partial charge in [0.25, 0.3) is 0 Å². The SMILES string of the molecule is Cn1cc(C2(O)CCc3cc(Br)ccc3C2)cn1. The van der Waals surface area contributed by atoms with Crippen molar-refractivity contribution in [2.24, 2.45) is 7.05 Å². The molecule has 3 nitrogen and oxygen atoms in total. The fourth-order valence-corrected chi connectivity index (χ4v) is 3.06. The van der Waals surface area contributed by atoms with Gasteiger partial charge in [0, 0.05) is 29.7 Å². The van der Waals surface area contributed by atoms with Gasteiger partial charge in [-0.1, -0.05) is 22.0 Å². The fourth-order valence-electron chi connectivity index (χ4n) is 2.65. The quantitative estimate of drug-likeness (QED) is 0.879. The Hall–Kier alpha value is -1.13. The minimum atomic E-state index is -0.769. The first-order valence-corrected chi connectivity index (χ1v) is 6.85. The van der Waals surface area contributed by atoms with Gasteiger partial charge in [0.05, 0.1) is 11.8 Å². The van der Waals surface area contributed by atoms with Crippen LogP contribution in [-0.2, 0) is 25.5 Å². The van der Waals surface area contributed by atoms with E-state index in [2.05, 4.69) is 33.2 Å². The van der Waals surface area contributed by atoms with Gasteiger partial charge in [0.15, 0.2) is 0 Å². The van der Waals surface area contributed by atoms with E-state index in [1.165, 1.54) is 11.1 Å². The third-order valence-corrected chi connectivity index (χ3v) is 4.19. The summed E-state index contributed by atoms with van der Waals surface area (Å²) in [5, 5.41) is 15.0. The molecule has 2 aromatic rings. The number of fused-ring (bicyclic) bond motifs is 1. The van der Waals surface area contributed by atoms with E-state index in [9.17, 15) is 5.11 Å². The van der Waals surface area contributed by atoms with Crippen molar-refractivity contribution in [1.29, 1.82) is 0 Å². The van der Waals surface area contributed by atoms with Crippen LogP contribution in [-0.4, -0.2) is 14.9 Å². The second kappa shape index (κ2) is 4.21. The van der Waals surface area contributed by atoms with Crippen molar-refractivity contribution in [3.63, 3.8) is 0 Å². The molecule has 0 amide bonds. The predicted octanol–water partition coefficient (Wildman–Crippen LogP) is 2.56. The number of benzene rings is 1. The zero-order valence-corrected chi connectivity index (χ0v) is 11.8. The maximum Gasteiger partial charge on any atom is 0.0970 e. The molecule has 0 saturated carbocycles. The minimum absolute atomic E-state index is 0.668. The molecule has 0 spiro atoms. The zero-order valence-electron chi connectivity index (χ0n) is 10.2. The van der Waals surface area contributed by atoms with E-state index < -0.39 is 5.60 Å². The van der Waals surface area contributed by atoms with Crippen LogP contribution in [0.2, 0.25) is 0 Å². The summed E-state index contributed by atoms with van der Waals surface area (Å²) in [6.45, 7) is 0. The van der Waals surface area contributed by atoms with E-state index in [1.54, 1.807) is 10.9 Å². The summed E-state index contributed by atoms with van der Waals surface area (Å²) in [6, 6.07) is 6.28. The molecule has 1 aliphatic carbocycles. The summed E-state index contributed by atoms with van der Waals surface area (Å²) in [5.74, 6) is 0. The Bertz CT molecular complexity index is 593. The first-order valence-electron chi connectivity index (χ1n) is 6.06. The average Bonchev–Trinajstić information content (AvgIpc) is 2.77. The van der Waals surface area contributed by atoms with E-state index in [-0.39, 0.29) is 0 Å². The molecule has 0 aliphatic heterocycles. The van der Waals surface area contributed by atoms with Crippen molar-refractivity contribution in [3.05, 3.63) is 51.8 Å². The maximum absolute atomic E-state index is 10.8. The van der Waals surface area contributed by atoms with Crippen LogP contribution in [0.5, 0.6) is 0 Å². The molecule has 1 aromatic carbocycles. The first kappa shape index (κ1) is 11.9. The highest BCUT2D eigenvalue weighted by Gasteiger charge is 2.34. The van der Waals surface area contributed by atoms with Gasteiger partial charge < -0.3 is 5.11 Å². The van der Waals surface area contributed by atoms with Gasteiger partial charge in [-0.2, -0.15) is 5.10 Å². The normalized spacial score (nSPS) is 22.8. The van der Waals surface area contributed by atoms with Gasteiger partial charge in [0.2, 0.25) is 0 Å². The zero-order chi connectivity index (χ0) is 12.8. The van der Waals surface area contributed by atoms with E-state index in [0.29, 0.717) is 6.42 Å². The molecule has 3 rings (SSSR count). The molecule has 0 radical (unpaired) electrons. The molecule has 1 unspecified atom stereocenters. The molecule has 18 heavy (non-hydrogen) atoms. The van der Waals surface area contributed by atoms with E-state index in [0.717, 1.165) is 22.9 Å². The summed E-state index contributed by atoms with van der Waals surface area (Å²) in [5.41, 5.74) is 2.71. The molecule has 1 aliphatic rings. The van der Waals surface area contributed by atoms with Crippen LogP contribution < -0.4 is 0 Å². The highest BCUT2D eigenvalue weighted by atomic mass is 79.9. The molecule has 0 saturated heterocycles. The van der Waals surface area contributed by atoms with Crippen LogP contribution in [0.1, 0.15) is 23.1 Å². The van der Waals surface area contributed by atoms with Crippen LogP contribution in [0.25, 0.3) is 0 Å². The number of aryl methyl sites for hydroxylation is 2. The molecule has 94 valence electrons. The number of hydrogen-bond acceptors (Lipinski definition) is 2. The Balaban J connectivity index is 1.96. The van der Waals surface area contributed by atoms with Crippen molar-refractivity contribution in [3.8, 4) is 0 Å². The Labute approximate surface area is 115 Å². The summed E-state index contributed by atoms with van der Waals surface area (Å²) >= 11 is 3.49. The van der Waals surface area contributed by atoms with Crippen LogP contribution >= 0.6 is 15.9 Å². The van der Waals surface area contributed by atoms with Crippen molar-refractivity contribution in [2.45, 2.75) is 24.9 Å². The van der Waals surface area contributed by atoms with Gasteiger partial charge in [-0.25, -0.2) is 0 Å². The van der Waals surface area contributed by atoms with Crippen molar-refractivity contribution < 1.29 is 5.11 Å². The summed E-state index contributed by atoms with van der Waals surface area (Å²) < 4.78 is 2.85. The Morgan fingerprint density at radius 1 is 1.39 bits per heavy atom. The van der Waals surface area contributed by atoms with Crippen molar-refractivity contribution in [1.82, 2.24) is 9.78 Å². The van der Waals surface area contributed by atoms with Gasteiger partial charge >= 0.3 is 0 Å². The smallest absolute Gasteiger partial charge is 0.0970 e. The lowest BCUT2D eigenvalue weighted by Gasteiger charge is -2.33. The van der Waals surface area contributed by atoms with E-state index >= 15 is 0 Å². The molecule has 1 atom stereocenters. The van der Waals surface area contributed by atoms with Gasteiger partial charge in [-0.15, -0.1) is 0 Å². The lowest BCUT2D eigenvalue weighted by molar-refractivity contribution is 0.0222. The van der Waals surface area contributed by atoms with Crippen LogP contribution in [0, 0.1) is 0 Å². The number of rotatable bonds is 1. The van der Waals surface area contributed by atoms with Crippen molar-refractivity contribution >= 4 is 15.9 Å². The molecular weight excluding hydrogens is 292 g/mol. The number of halogens is 1. The average molecular weight is 307 g/mol. The molecular formula is C14H15BrN2O. The Morgan fingerprint density at radius 3 is 2.94 bits per heavy atom. The Kier molecular flexibility index (Phi) is 2.79. The largest absolute Gasteiger partial charge is 0.385 e. The summed E-state index contributed by atoms with van der Waals surface area (Å²) in [4.78, 5) is 0. The minimum Gasteiger partial charge on any atom is -0.385 e. The topological polar surface area (TPSA) is 38.0 Å². The molecule has 1 N–H and O–H groups in total. The van der Waals surface area contributed by atoms with E-state index in [4.69, 9.17) is 0 Å². The maximum atomic E-state index is 10.8. The molecule has 0 bridgehead atoms. The number of hydrogen-bond donors (Lipinski definition) is 1. The fraction of sp³-hybridized carbons (Fsp3) is 0.357. The van der Waals surface area contributed by atoms with Crippen LogP contribution in [0.4, 0.5) is 0 Å². The monoisotopic (exact) mass is 306 g/mol. The summed E-state index contributed by atoms with van der Waals surface area (Å²) in [7, 11) is 1.88. The van der Waals surface area contributed by atoms with Crippen molar-refractivity contribution in [2.75, 3.05) is 0 Å². The predicted molar refractivity (Wildman–Crippen MR) is 73.3 cm³/mol. The molecule has 4 heteroatoms. The second-order valence-electron chi connectivity index (χ2n) is 5.02. The molecule has 1 heterocycles. The lowest BCUT2D eigenvalue weighted by atomic mass is 9.77. The third kappa shape index (κ3) is 1.99. The molecule has 1 aromatic heterocycles. The number of aromatic nitrogens is 2. The van der Waals surface area contributed by atoms with Crippen LogP contribution in [0.15, 0.2) is 35.1 Å². The molecule has 0 fully saturated rings. The second-order valence-corrected chi connectivity index (χ2v) is 5.94. The first-order chi connectivity index (χ1) is 8.57. The highest BCUT2D eigenvalue weighted by Crippen LogP contribution is 2.36. The standard InChI is InChI=1S/C14H15BrN2O/c1-17-9-12(8-16-17)14(18)5-4-10-6-13(15)3-2-11(10)7-14/h2-3,6,8-9,18H,4-5,7H2,1H3. The third-order valence-electron chi connectivity index (χ3n) is 3.70.